The van der Waals surface area contributed by atoms with E-state index in [0.29, 0.717) is 12.4 Å². The van der Waals surface area contributed by atoms with E-state index >= 15 is 0 Å². The molecule has 0 bridgehead atoms. The molecule has 0 unspecified atom stereocenters. The van der Waals surface area contributed by atoms with Crippen LogP contribution >= 0.6 is 0 Å². The molecule has 2 heterocycles. The van der Waals surface area contributed by atoms with Gasteiger partial charge in [-0.3, -0.25) is 10.4 Å². The van der Waals surface area contributed by atoms with Gasteiger partial charge in [-0.15, -0.1) is 0 Å². The molecule has 0 fully saturated rings. The smallest absolute Gasteiger partial charge is 0.320 e. The van der Waals surface area contributed by atoms with Crippen molar-refractivity contribution in [3.63, 3.8) is 0 Å². The molecule has 0 atom stereocenters. The van der Waals surface area contributed by atoms with Crippen LogP contribution in [0.2, 0.25) is 0 Å². The minimum Gasteiger partial charge on any atom is -0.334 e. The summed E-state index contributed by atoms with van der Waals surface area (Å²) in [6, 6.07) is 1.68. The molecule has 2 aromatic heterocycles. The zero-order valence-electron chi connectivity index (χ0n) is 15.6. The average molecular weight is 332 g/mol. The molecule has 3 N–H and O–H groups in total. The second-order valence-corrected chi connectivity index (χ2v) is 8.08. The summed E-state index contributed by atoms with van der Waals surface area (Å²) >= 11 is 0. The Balaban J connectivity index is 2.14. The molecule has 0 aliphatic carbocycles. The van der Waals surface area contributed by atoms with Crippen molar-refractivity contribution >= 4 is 11.8 Å². The summed E-state index contributed by atoms with van der Waals surface area (Å²) in [6.45, 7) is 14.8. The Hall–Kier alpha value is -2.31. The Bertz CT molecular complexity index is 714. The zero-order valence-corrected chi connectivity index (χ0v) is 15.6. The predicted molar refractivity (Wildman–Crippen MR) is 95.1 cm³/mol. The van der Waals surface area contributed by atoms with E-state index in [1.54, 1.807) is 6.20 Å². The number of carbonyl (C=O) groups excluding carboxylic acids is 1. The maximum absolute atomic E-state index is 12.3. The number of urea groups is 1. The molecule has 2 rings (SSSR count). The van der Waals surface area contributed by atoms with Crippen molar-refractivity contribution in [2.75, 3.05) is 5.32 Å². The first-order chi connectivity index (χ1) is 11.0. The Morgan fingerprint density at radius 1 is 1.25 bits per heavy atom. The lowest BCUT2D eigenvalue weighted by Crippen LogP contribution is -2.32. The van der Waals surface area contributed by atoms with Gasteiger partial charge in [-0.2, -0.15) is 10.2 Å². The molecule has 7 nitrogen and oxygen atoms in total. The van der Waals surface area contributed by atoms with Gasteiger partial charge < -0.3 is 5.32 Å². The standard InChI is InChI=1S/C17H28N6O/c1-11-12(10-19-21-11)9-18-15(24)20-14-8-13(16(2,3)4)22-23(14)17(5,6)7/h8,10H,9H2,1-7H3,(H,19,21)(H2,18,20,24). The third-order valence-corrected chi connectivity index (χ3v) is 3.73. The fraction of sp³-hybridized carbons (Fsp3) is 0.588. The molecule has 24 heavy (non-hydrogen) atoms. The molecule has 7 heteroatoms. The number of nitrogens with one attached hydrogen (secondary N) is 3. The van der Waals surface area contributed by atoms with Gasteiger partial charge in [-0.1, -0.05) is 20.8 Å². The first kappa shape index (κ1) is 18.0. The van der Waals surface area contributed by atoms with Crippen LogP contribution in [0.1, 0.15) is 58.5 Å². The number of aromatic amines is 1. The number of H-pyrrole nitrogens is 1. The number of aromatic nitrogens is 4. The molecule has 2 aromatic rings. The Kier molecular flexibility index (Phi) is 4.73. The van der Waals surface area contributed by atoms with Crippen molar-refractivity contribution in [1.82, 2.24) is 25.3 Å². The van der Waals surface area contributed by atoms with E-state index in [2.05, 4.69) is 67.5 Å². The summed E-state index contributed by atoms with van der Waals surface area (Å²) in [7, 11) is 0. The molecule has 0 aliphatic rings. The fourth-order valence-corrected chi connectivity index (χ4v) is 2.24. The van der Waals surface area contributed by atoms with Gasteiger partial charge in [-0.05, 0) is 27.7 Å². The van der Waals surface area contributed by atoms with E-state index in [9.17, 15) is 4.79 Å². The fourth-order valence-electron chi connectivity index (χ4n) is 2.24. The van der Waals surface area contributed by atoms with Crippen LogP contribution in [0.25, 0.3) is 0 Å². The summed E-state index contributed by atoms with van der Waals surface area (Å²) in [5.74, 6) is 0.689. The summed E-state index contributed by atoms with van der Waals surface area (Å²) in [5, 5.41) is 17.3. The molecule has 0 saturated heterocycles. The monoisotopic (exact) mass is 332 g/mol. The SMILES string of the molecule is Cc1[nH]ncc1CNC(=O)Nc1cc(C(C)(C)C)nn1C(C)(C)C. The average Bonchev–Trinajstić information content (AvgIpc) is 3.01. The van der Waals surface area contributed by atoms with Crippen molar-refractivity contribution in [3.05, 3.63) is 29.2 Å². The maximum Gasteiger partial charge on any atom is 0.320 e. The summed E-state index contributed by atoms with van der Waals surface area (Å²) in [5.41, 5.74) is 2.54. The van der Waals surface area contributed by atoms with E-state index in [0.717, 1.165) is 17.0 Å². The van der Waals surface area contributed by atoms with Gasteiger partial charge in [-0.25, -0.2) is 9.48 Å². The largest absolute Gasteiger partial charge is 0.334 e. The van der Waals surface area contributed by atoms with Crippen molar-refractivity contribution < 1.29 is 4.79 Å². The molecule has 0 spiro atoms. The minimum atomic E-state index is -0.263. The molecular weight excluding hydrogens is 304 g/mol. The maximum atomic E-state index is 12.3. The third kappa shape index (κ3) is 4.15. The number of hydrogen-bond acceptors (Lipinski definition) is 3. The van der Waals surface area contributed by atoms with E-state index in [-0.39, 0.29) is 17.0 Å². The van der Waals surface area contributed by atoms with Crippen LogP contribution in [0.3, 0.4) is 0 Å². The lowest BCUT2D eigenvalue weighted by molar-refractivity contribution is 0.251. The first-order valence-electron chi connectivity index (χ1n) is 8.13. The van der Waals surface area contributed by atoms with Crippen LogP contribution in [-0.2, 0) is 17.5 Å². The predicted octanol–water partition coefficient (Wildman–Crippen LogP) is 3.29. The van der Waals surface area contributed by atoms with Crippen LogP contribution in [-0.4, -0.2) is 26.0 Å². The first-order valence-corrected chi connectivity index (χ1v) is 8.13. The topological polar surface area (TPSA) is 87.6 Å². The number of carbonyl (C=O) groups is 1. The van der Waals surface area contributed by atoms with Crippen molar-refractivity contribution in [2.45, 2.75) is 66.0 Å². The molecule has 132 valence electrons. The molecule has 0 aliphatic heterocycles. The summed E-state index contributed by atoms with van der Waals surface area (Å²) in [6.07, 6.45) is 1.72. The van der Waals surface area contributed by atoms with Gasteiger partial charge in [0.25, 0.3) is 0 Å². The Labute approximate surface area is 143 Å². The van der Waals surface area contributed by atoms with Gasteiger partial charge in [0.2, 0.25) is 0 Å². The highest BCUT2D eigenvalue weighted by atomic mass is 16.2. The van der Waals surface area contributed by atoms with Crippen molar-refractivity contribution in [3.8, 4) is 0 Å². The highest BCUT2D eigenvalue weighted by Gasteiger charge is 2.25. The molecule has 2 amide bonds. The van der Waals surface area contributed by atoms with Crippen LogP contribution in [0.15, 0.2) is 12.3 Å². The zero-order chi connectivity index (χ0) is 18.1. The van der Waals surface area contributed by atoms with Crippen LogP contribution in [0.5, 0.6) is 0 Å². The number of hydrogen-bond donors (Lipinski definition) is 3. The molecule has 0 radical (unpaired) electrons. The summed E-state index contributed by atoms with van der Waals surface area (Å²) in [4.78, 5) is 12.3. The normalized spacial score (nSPS) is 12.3. The summed E-state index contributed by atoms with van der Waals surface area (Å²) < 4.78 is 1.86. The van der Waals surface area contributed by atoms with E-state index in [1.165, 1.54) is 0 Å². The van der Waals surface area contributed by atoms with E-state index < -0.39 is 0 Å². The number of aryl methyl sites for hydroxylation is 1. The number of rotatable bonds is 3. The lowest BCUT2D eigenvalue weighted by atomic mass is 9.92. The number of nitrogens with zero attached hydrogens (tertiary/aromatic N) is 3. The van der Waals surface area contributed by atoms with Crippen LogP contribution in [0, 0.1) is 6.92 Å². The van der Waals surface area contributed by atoms with Gasteiger partial charge in [0.15, 0.2) is 0 Å². The second kappa shape index (κ2) is 6.30. The van der Waals surface area contributed by atoms with Gasteiger partial charge in [0.1, 0.15) is 5.82 Å². The second-order valence-electron chi connectivity index (χ2n) is 8.08. The quantitative estimate of drug-likeness (QED) is 0.806. The van der Waals surface area contributed by atoms with Gasteiger partial charge in [0.05, 0.1) is 17.4 Å². The molecule has 0 saturated carbocycles. The van der Waals surface area contributed by atoms with E-state index in [4.69, 9.17) is 0 Å². The minimum absolute atomic E-state index is 0.0860. The van der Waals surface area contributed by atoms with Gasteiger partial charge in [0, 0.05) is 29.3 Å². The lowest BCUT2D eigenvalue weighted by Gasteiger charge is -2.23. The number of anilines is 1. The van der Waals surface area contributed by atoms with Crippen LogP contribution in [0.4, 0.5) is 10.6 Å². The van der Waals surface area contributed by atoms with Gasteiger partial charge >= 0.3 is 6.03 Å². The molecular formula is C17H28N6O. The highest BCUT2D eigenvalue weighted by Crippen LogP contribution is 2.28. The Morgan fingerprint density at radius 3 is 2.42 bits per heavy atom. The van der Waals surface area contributed by atoms with Crippen LogP contribution < -0.4 is 10.6 Å². The third-order valence-electron chi connectivity index (χ3n) is 3.73. The van der Waals surface area contributed by atoms with Crippen molar-refractivity contribution in [1.29, 1.82) is 0 Å². The highest BCUT2D eigenvalue weighted by molar-refractivity contribution is 5.88. The Morgan fingerprint density at radius 2 is 1.92 bits per heavy atom. The number of amides is 2. The van der Waals surface area contributed by atoms with E-state index in [1.807, 2.05) is 17.7 Å². The van der Waals surface area contributed by atoms with Crippen molar-refractivity contribution in [2.24, 2.45) is 0 Å². The molecule has 0 aromatic carbocycles.